The first-order valence-corrected chi connectivity index (χ1v) is 7.19. The molecule has 0 saturated heterocycles. The average molecular weight is 358 g/mol. The van der Waals surface area contributed by atoms with E-state index in [0.717, 1.165) is 12.1 Å². The minimum Gasteiger partial charge on any atom is -0.457 e. The van der Waals surface area contributed by atoms with Gasteiger partial charge in [-0.3, -0.25) is 0 Å². The van der Waals surface area contributed by atoms with Crippen LogP contribution in [0.5, 0.6) is 11.5 Å². The molecule has 118 valence electrons. The standard InChI is InChI=1S/C16H8Cl2F3NO/c17-12-8-22-15(18)14-11(12)5-2-6-13(14)23-10-4-1-3-9(7-10)16(19,20)21/h1-8H. The van der Waals surface area contributed by atoms with Crippen LogP contribution >= 0.6 is 23.2 Å². The number of fused-ring (bicyclic) bond motifs is 1. The van der Waals surface area contributed by atoms with Crippen LogP contribution < -0.4 is 4.74 Å². The topological polar surface area (TPSA) is 22.1 Å². The Kier molecular flexibility index (Phi) is 4.08. The van der Waals surface area contributed by atoms with E-state index in [1.54, 1.807) is 18.2 Å². The summed E-state index contributed by atoms with van der Waals surface area (Å²) >= 11 is 12.1. The van der Waals surface area contributed by atoms with E-state index in [4.69, 9.17) is 27.9 Å². The summed E-state index contributed by atoms with van der Waals surface area (Å²) in [4.78, 5) is 3.94. The molecule has 0 fully saturated rings. The number of nitrogens with zero attached hydrogens (tertiary/aromatic N) is 1. The zero-order chi connectivity index (χ0) is 16.6. The quantitative estimate of drug-likeness (QED) is 0.498. The van der Waals surface area contributed by atoms with Gasteiger partial charge in [0.1, 0.15) is 16.7 Å². The number of halogens is 5. The Labute approximate surface area is 139 Å². The SMILES string of the molecule is FC(F)(F)c1cccc(Oc2cccc3c(Cl)cnc(Cl)c23)c1. The number of hydrogen-bond donors (Lipinski definition) is 0. The number of rotatable bonds is 2. The highest BCUT2D eigenvalue weighted by atomic mass is 35.5. The van der Waals surface area contributed by atoms with Crippen LogP contribution in [0.15, 0.2) is 48.7 Å². The monoisotopic (exact) mass is 357 g/mol. The van der Waals surface area contributed by atoms with E-state index in [9.17, 15) is 13.2 Å². The van der Waals surface area contributed by atoms with E-state index in [-0.39, 0.29) is 16.7 Å². The Hall–Kier alpha value is -1.98. The fourth-order valence-electron chi connectivity index (χ4n) is 2.14. The molecule has 0 amide bonds. The molecule has 1 heterocycles. The van der Waals surface area contributed by atoms with Crippen LogP contribution in [0.3, 0.4) is 0 Å². The Balaban J connectivity index is 2.08. The molecular weight excluding hydrogens is 350 g/mol. The van der Waals surface area contributed by atoms with Crippen molar-refractivity contribution in [1.82, 2.24) is 4.98 Å². The van der Waals surface area contributed by atoms with Crippen molar-refractivity contribution in [3.05, 3.63) is 64.4 Å². The van der Waals surface area contributed by atoms with Crippen LogP contribution in [0.1, 0.15) is 5.56 Å². The maximum Gasteiger partial charge on any atom is 0.416 e. The van der Waals surface area contributed by atoms with Crippen LogP contribution in [0.4, 0.5) is 13.2 Å². The van der Waals surface area contributed by atoms with Gasteiger partial charge in [-0.1, -0.05) is 41.4 Å². The largest absolute Gasteiger partial charge is 0.457 e. The van der Waals surface area contributed by atoms with Gasteiger partial charge in [0.2, 0.25) is 0 Å². The average Bonchev–Trinajstić information content (AvgIpc) is 2.51. The molecule has 3 aromatic rings. The number of alkyl halides is 3. The van der Waals surface area contributed by atoms with E-state index in [2.05, 4.69) is 4.98 Å². The van der Waals surface area contributed by atoms with Gasteiger partial charge in [-0.05, 0) is 24.3 Å². The van der Waals surface area contributed by atoms with Gasteiger partial charge in [-0.25, -0.2) is 4.98 Å². The van der Waals surface area contributed by atoms with Crippen LogP contribution in [-0.4, -0.2) is 4.98 Å². The summed E-state index contributed by atoms with van der Waals surface area (Å²) < 4.78 is 43.9. The molecule has 0 unspecified atom stereocenters. The van der Waals surface area contributed by atoms with Crippen molar-refractivity contribution in [2.24, 2.45) is 0 Å². The Morgan fingerprint density at radius 2 is 1.74 bits per heavy atom. The van der Waals surface area contributed by atoms with Crippen LogP contribution in [0, 0.1) is 0 Å². The Morgan fingerprint density at radius 3 is 2.48 bits per heavy atom. The van der Waals surface area contributed by atoms with E-state index in [1.165, 1.54) is 18.3 Å². The molecule has 0 saturated carbocycles. The summed E-state index contributed by atoms with van der Waals surface area (Å²) in [6.07, 6.45) is -3.04. The summed E-state index contributed by atoms with van der Waals surface area (Å²) in [5, 5.41) is 1.58. The summed E-state index contributed by atoms with van der Waals surface area (Å²) in [7, 11) is 0. The third-order valence-corrected chi connectivity index (χ3v) is 3.76. The lowest BCUT2D eigenvalue weighted by Crippen LogP contribution is -2.04. The molecule has 0 radical (unpaired) electrons. The van der Waals surface area contributed by atoms with Gasteiger partial charge < -0.3 is 4.74 Å². The number of hydrogen-bond acceptors (Lipinski definition) is 2. The summed E-state index contributed by atoms with van der Waals surface area (Å²) in [5.41, 5.74) is -0.794. The molecule has 0 aliphatic heterocycles. The fourth-order valence-corrected chi connectivity index (χ4v) is 2.59. The van der Waals surface area contributed by atoms with Gasteiger partial charge in [0.05, 0.1) is 16.0 Å². The summed E-state index contributed by atoms with van der Waals surface area (Å²) in [6.45, 7) is 0. The molecule has 7 heteroatoms. The van der Waals surface area contributed by atoms with Gasteiger partial charge in [0.25, 0.3) is 0 Å². The Morgan fingerprint density at radius 1 is 1.00 bits per heavy atom. The van der Waals surface area contributed by atoms with Gasteiger partial charge in [0, 0.05) is 11.6 Å². The van der Waals surface area contributed by atoms with E-state index >= 15 is 0 Å². The molecule has 0 bridgehead atoms. The van der Waals surface area contributed by atoms with Gasteiger partial charge in [-0.15, -0.1) is 0 Å². The van der Waals surface area contributed by atoms with Crippen LogP contribution in [-0.2, 0) is 6.18 Å². The zero-order valence-electron chi connectivity index (χ0n) is 11.4. The van der Waals surface area contributed by atoms with Crippen molar-refractivity contribution >= 4 is 34.0 Å². The minimum absolute atomic E-state index is 0.0448. The third-order valence-electron chi connectivity index (χ3n) is 3.17. The first-order chi connectivity index (χ1) is 10.9. The highest BCUT2D eigenvalue weighted by Gasteiger charge is 2.30. The van der Waals surface area contributed by atoms with E-state index in [1.807, 2.05) is 0 Å². The van der Waals surface area contributed by atoms with Crippen molar-refractivity contribution in [3.8, 4) is 11.5 Å². The number of benzene rings is 2. The molecule has 0 atom stereocenters. The second kappa shape index (κ2) is 5.91. The second-order valence-electron chi connectivity index (χ2n) is 4.70. The van der Waals surface area contributed by atoms with E-state index in [0.29, 0.717) is 15.8 Å². The van der Waals surface area contributed by atoms with Crippen molar-refractivity contribution in [3.63, 3.8) is 0 Å². The number of ether oxygens (including phenoxy) is 1. The zero-order valence-corrected chi connectivity index (χ0v) is 12.9. The predicted octanol–water partition coefficient (Wildman–Crippen LogP) is 6.35. The van der Waals surface area contributed by atoms with Crippen molar-refractivity contribution in [1.29, 1.82) is 0 Å². The summed E-state index contributed by atoms with van der Waals surface area (Å²) in [6, 6.07) is 9.59. The van der Waals surface area contributed by atoms with E-state index < -0.39 is 11.7 Å². The molecule has 2 nitrogen and oxygen atoms in total. The molecule has 0 aliphatic carbocycles. The fraction of sp³-hybridized carbons (Fsp3) is 0.0625. The van der Waals surface area contributed by atoms with Crippen LogP contribution in [0.2, 0.25) is 10.2 Å². The van der Waals surface area contributed by atoms with Gasteiger partial charge in [0.15, 0.2) is 0 Å². The van der Waals surface area contributed by atoms with Crippen molar-refractivity contribution < 1.29 is 17.9 Å². The van der Waals surface area contributed by atoms with Crippen molar-refractivity contribution in [2.45, 2.75) is 6.18 Å². The third kappa shape index (κ3) is 3.21. The highest BCUT2D eigenvalue weighted by molar-refractivity contribution is 6.39. The number of pyridine rings is 1. The van der Waals surface area contributed by atoms with Crippen molar-refractivity contribution in [2.75, 3.05) is 0 Å². The normalized spacial score (nSPS) is 11.7. The molecule has 23 heavy (non-hydrogen) atoms. The smallest absolute Gasteiger partial charge is 0.416 e. The van der Waals surface area contributed by atoms with Gasteiger partial charge >= 0.3 is 6.18 Å². The highest BCUT2D eigenvalue weighted by Crippen LogP contribution is 2.38. The first-order valence-electron chi connectivity index (χ1n) is 6.44. The maximum atomic E-state index is 12.8. The molecule has 3 rings (SSSR count). The second-order valence-corrected chi connectivity index (χ2v) is 5.47. The lowest BCUT2D eigenvalue weighted by atomic mass is 10.1. The lowest BCUT2D eigenvalue weighted by Gasteiger charge is -2.12. The lowest BCUT2D eigenvalue weighted by molar-refractivity contribution is -0.137. The predicted molar refractivity (Wildman–Crippen MR) is 83.3 cm³/mol. The number of aromatic nitrogens is 1. The molecule has 0 spiro atoms. The van der Waals surface area contributed by atoms with Gasteiger partial charge in [-0.2, -0.15) is 13.2 Å². The summed E-state index contributed by atoms with van der Waals surface area (Å²) in [5.74, 6) is 0.324. The molecular formula is C16H8Cl2F3NO. The maximum absolute atomic E-state index is 12.8. The Bertz CT molecular complexity index is 881. The molecule has 0 N–H and O–H groups in total. The molecule has 1 aromatic heterocycles. The minimum atomic E-state index is -4.44. The molecule has 2 aromatic carbocycles. The molecule has 0 aliphatic rings. The first kappa shape index (κ1) is 15.9. The van der Waals surface area contributed by atoms with Crippen LogP contribution in [0.25, 0.3) is 10.8 Å².